The third-order valence-electron chi connectivity index (χ3n) is 5.25. The van der Waals surface area contributed by atoms with Gasteiger partial charge in [0.1, 0.15) is 4.90 Å². The smallest absolute Gasteiger partial charge is 0.282 e. The number of rotatable bonds is 13. The lowest BCUT2D eigenvalue weighted by atomic mass is 10.0. The number of hydrogen-bond donors (Lipinski definition) is 1. The predicted molar refractivity (Wildman–Crippen MR) is 114 cm³/mol. The molecule has 0 aliphatic carbocycles. The predicted octanol–water partition coefficient (Wildman–Crippen LogP) is 6.94. The van der Waals surface area contributed by atoms with Crippen LogP contribution in [0.1, 0.15) is 83.1 Å². The summed E-state index contributed by atoms with van der Waals surface area (Å²) in [5, 5.41) is 1.45. The standard InChI is InChI=1S/C23H34O3S/c1-2-3-4-5-6-7-8-9-10-11-12-14-20-17-18-22-21(19-20)15-13-16-23(22)27(24,25)26/h13,15-19H,2-12,14H2,1H3,(H,24,25,26). The van der Waals surface area contributed by atoms with E-state index in [0.717, 1.165) is 11.8 Å². The van der Waals surface area contributed by atoms with E-state index in [9.17, 15) is 13.0 Å². The molecule has 2 aromatic carbocycles. The fourth-order valence-corrected chi connectivity index (χ4v) is 4.39. The Hall–Kier alpha value is -1.39. The van der Waals surface area contributed by atoms with Crippen LogP contribution < -0.4 is 0 Å². The SMILES string of the molecule is CCCCCCCCCCCCCc1ccc2c(S(=O)(=O)O)cccc2c1. The molecule has 1 N–H and O–H groups in total. The van der Waals surface area contributed by atoms with Gasteiger partial charge in [-0.05, 0) is 29.9 Å². The molecule has 0 heterocycles. The van der Waals surface area contributed by atoms with E-state index >= 15 is 0 Å². The number of aryl methyl sites for hydroxylation is 1. The lowest BCUT2D eigenvalue weighted by molar-refractivity contribution is 0.484. The summed E-state index contributed by atoms with van der Waals surface area (Å²) in [7, 11) is -4.18. The van der Waals surface area contributed by atoms with Gasteiger partial charge in [0.2, 0.25) is 0 Å². The van der Waals surface area contributed by atoms with Crippen LogP contribution in [-0.2, 0) is 16.5 Å². The molecule has 2 aromatic rings. The van der Waals surface area contributed by atoms with Gasteiger partial charge in [-0.2, -0.15) is 8.42 Å². The quantitative estimate of drug-likeness (QED) is 0.298. The molecule has 0 aromatic heterocycles. The van der Waals surface area contributed by atoms with Gasteiger partial charge >= 0.3 is 0 Å². The molecule has 4 heteroatoms. The van der Waals surface area contributed by atoms with Crippen LogP contribution in [0.2, 0.25) is 0 Å². The van der Waals surface area contributed by atoms with Crippen molar-refractivity contribution in [2.24, 2.45) is 0 Å². The highest BCUT2D eigenvalue weighted by Crippen LogP contribution is 2.24. The molecular weight excluding hydrogens is 356 g/mol. The second-order valence-corrected chi connectivity index (χ2v) is 8.96. The molecule has 27 heavy (non-hydrogen) atoms. The van der Waals surface area contributed by atoms with E-state index < -0.39 is 10.1 Å². The van der Waals surface area contributed by atoms with Crippen molar-refractivity contribution in [3.8, 4) is 0 Å². The number of hydrogen-bond acceptors (Lipinski definition) is 2. The molecule has 2 rings (SSSR count). The third kappa shape index (κ3) is 7.63. The van der Waals surface area contributed by atoms with Crippen LogP contribution in [0, 0.1) is 0 Å². The topological polar surface area (TPSA) is 54.4 Å². The molecule has 150 valence electrons. The Morgan fingerprint density at radius 2 is 1.37 bits per heavy atom. The zero-order valence-corrected chi connectivity index (χ0v) is 17.4. The zero-order chi connectivity index (χ0) is 19.5. The minimum atomic E-state index is -4.18. The summed E-state index contributed by atoms with van der Waals surface area (Å²) in [5.74, 6) is 0. The summed E-state index contributed by atoms with van der Waals surface area (Å²) in [6.45, 7) is 2.26. The molecule has 0 atom stereocenters. The average Bonchev–Trinajstić information content (AvgIpc) is 2.64. The largest absolute Gasteiger partial charge is 0.295 e. The summed E-state index contributed by atoms with van der Waals surface area (Å²) >= 11 is 0. The highest BCUT2D eigenvalue weighted by Gasteiger charge is 2.13. The lowest BCUT2D eigenvalue weighted by Crippen LogP contribution is -1.99. The van der Waals surface area contributed by atoms with E-state index in [-0.39, 0.29) is 4.90 Å². The van der Waals surface area contributed by atoms with Gasteiger partial charge in [0.15, 0.2) is 0 Å². The van der Waals surface area contributed by atoms with Crippen LogP contribution in [0.5, 0.6) is 0 Å². The Bertz CT molecular complexity index is 796. The van der Waals surface area contributed by atoms with Crippen LogP contribution in [0.4, 0.5) is 0 Å². The first kappa shape index (κ1) is 21.9. The van der Waals surface area contributed by atoms with Gasteiger partial charge in [0.25, 0.3) is 10.1 Å². The third-order valence-corrected chi connectivity index (χ3v) is 6.16. The number of unbranched alkanes of at least 4 members (excludes halogenated alkanes) is 10. The molecule has 0 aliphatic rings. The Morgan fingerprint density at radius 1 is 0.778 bits per heavy atom. The highest BCUT2D eigenvalue weighted by molar-refractivity contribution is 7.86. The van der Waals surface area contributed by atoms with E-state index in [0.29, 0.717) is 5.39 Å². The lowest BCUT2D eigenvalue weighted by Gasteiger charge is -2.07. The van der Waals surface area contributed by atoms with Gasteiger partial charge in [-0.25, -0.2) is 0 Å². The van der Waals surface area contributed by atoms with Gasteiger partial charge in [-0.3, -0.25) is 4.55 Å². The molecule has 0 amide bonds. The van der Waals surface area contributed by atoms with Crippen molar-refractivity contribution in [1.82, 2.24) is 0 Å². The molecule has 0 radical (unpaired) electrons. The fourth-order valence-electron chi connectivity index (χ4n) is 3.68. The molecule has 3 nitrogen and oxygen atoms in total. The molecule has 0 bridgehead atoms. The number of fused-ring (bicyclic) bond motifs is 1. The normalized spacial score (nSPS) is 11.9. The maximum absolute atomic E-state index is 11.5. The molecule has 0 spiro atoms. The van der Waals surface area contributed by atoms with E-state index in [1.165, 1.54) is 82.3 Å². The van der Waals surface area contributed by atoms with Crippen molar-refractivity contribution in [2.45, 2.75) is 88.9 Å². The van der Waals surface area contributed by atoms with Crippen LogP contribution in [0.25, 0.3) is 10.8 Å². The first-order chi connectivity index (χ1) is 13.0. The van der Waals surface area contributed by atoms with Crippen molar-refractivity contribution in [3.05, 3.63) is 42.0 Å². The highest BCUT2D eigenvalue weighted by atomic mass is 32.2. The van der Waals surface area contributed by atoms with E-state index in [2.05, 4.69) is 6.92 Å². The summed E-state index contributed by atoms with van der Waals surface area (Å²) in [5.41, 5.74) is 1.23. The van der Waals surface area contributed by atoms with Crippen molar-refractivity contribution in [2.75, 3.05) is 0 Å². The van der Waals surface area contributed by atoms with Crippen LogP contribution in [0.15, 0.2) is 41.3 Å². The van der Waals surface area contributed by atoms with Crippen LogP contribution in [-0.4, -0.2) is 13.0 Å². The van der Waals surface area contributed by atoms with Gasteiger partial charge in [-0.15, -0.1) is 0 Å². The first-order valence-corrected chi connectivity index (χ1v) is 12.0. The summed E-state index contributed by atoms with van der Waals surface area (Å²) in [4.78, 5) is -0.0127. The monoisotopic (exact) mass is 390 g/mol. The second-order valence-electron chi connectivity index (χ2n) is 7.57. The molecule has 0 aliphatic heterocycles. The van der Waals surface area contributed by atoms with Crippen molar-refractivity contribution < 1.29 is 13.0 Å². The summed E-state index contributed by atoms with van der Waals surface area (Å²) in [6, 6.07) is 10.9. The van der Waals surface area contributed by atoms with Crippen LogP contribution in [0.3, 0.4) is 0 Å². The van der Waals surface area contributed by atoms with Gasteiger partial charge in [0, 0.05) is 5.39 Å². The molecule has 0 fully saturated rings. The number of benzene rings is 2. The van der Waals surface area contributed by atoms with E-state index in [1.807, 2.05) is 24.3 Å². The zero-order valence-electron chi connectivity index (χ0n) is 16.6. The van der Waals surface area contributed by atoms with E-state index in [4.69, 9.17) is 0 Å². The Morgan fingerprint density at radius 3 is 1.96 bits per heavy atom. The Kier molecular flexibility index (Phi) is 9.29. The van der Waals surface area contributed by atoms with Gasteiger partial charge in [-0.1, -0.05) is 101 Å². The Balaban J connectivity index is 1.69. The van der Waals surface area contributed by atoms with Crippen molar-refractivity contribution >= 4 is 20.9 Å². The summed E-state index contributed by atoms with van der Waals surface area (Å²) < 4.78 is 32.3. The average molecular weight is 391 g/mol. The molecule has 0 unspecified atom stereocenters. The summed E-state index contributed by atoms with van der Waals surface area (Å²) in [6.07, 6.45) is 15.7. The van der Waals surface area contributed by atoms with Crippen LogP contribution >= 0.6 is 0 Å². The van der Waals surface area contributed by atoms with Gasteiger partial charge < -0.3 is 0 Å². The maximum Gasteiger partial charge on any atom is 0.295 e. The first-order valence-electron chi connectivity index (χ1n) is 10.5. The molecular formula is C23H34O3S. The minimum Gasteiger partial charge on any atom is -0.282 e. The molecule has 0 saturated carbocycles. The van der Waals surface area contributed by atoms with Crippen molar-refractivity contribution in [1.29, 1.82) is 0 Å². The van der Waals surface area contributed by atoms with Crippen molar-refractivity contribution in [3.63, 3.8) is 0 Å². The Labute approximate surface area is 164 Å². The molecule has 0 saturated heterocycles. The van der Waals surface area contributed by atoms with Gasteiger partial charge in [0.05, 0.1) is 0 Å². The minimum absolute atomic E-state index is 0.0127. The fraction of sp³-hybridized carbons (Fsp3) is 0.565. The second kappa shape index (κ2) is 11.5. The van der Waals surface area contributed by atoms with E-state index in [1.54, 1.807) is 6.07 Å². The maximum atomic E-state index is 11.5.